The van der Waals surface area contributed by atoms with Crippen molar-refractivity contribution < 1.29 is 9.90 Å². The van der Waals surface area contributed by atoms with Crippen molar-refractivity contribution in [1.29, 1.82) is 0 Å². The number of aliphatic hydroxyl groups is 1. The molecule has 1 aliphatic rings. The third-order valence-electron chi connectivity index (χ3n) is 2.96. The Kier molecular flexibility index (Phi) is 4.59. The summed E-state index contributed by atoms with van der Waals surface area (Å²) in [6, 6.07) is 2.06. The fourth-order valence-electron chi connectivity index (χ4n) is 2.05. The smallest absolute Gasteiger partial charge is 0.223 e. The highest BCUT2D eigenvalue weighted by atomic mass is 79.9. The van der Waals surface area contributed by atoms with Gasteiger partial charge in [0.2, 0.25) is 5.91 Å². The van der Waals surface area contributed by atoms with Crippen LogP contribution in [0.2, 0.25) is 0 Å². The maximum absolute atomic E-state index is 11.9. The van der Waals surface area contributed by atoms with Crippen molar-refractivity contribution in [3.05, 3.63) is 20.8 Å². The van der Waals surface area contributed by atoms with E-state index in [1.807, 2.05) is 5.38 Å². The molecule has 0 bridgehead atoms. The lowest BCUT2D eigenvalue weighted by molar-refractivity contribution is -0.134. The van der Waals surface area contributed by atoms with E-state index < -0.39 is 0 Å². The summed E-state index contributed by atoms with van der Waals surface area (Å²) < 4.78 is 1.08. The van der Waals surface area contributed by atoms with E-state index >= 15 is 0 Å². The van der Waals surface area contributed by atoms with Crippen LogP contribution in [0.1, 0.15) is 24.1 Å². The molecule has 17 heavy (non-hydrogen) atoms. The second kappa shape index (κ2) is 5.98. The lowest BCUT2D eigenvalue weighted by Gasteiger charge is -2.30. The minimum Gasteiger partial charge on any atom is -0.391 e. The molecule has 1 fully saturated rings. The number of carbonyl (C=O) groups excluding carboxylic acids is 1. The van der Waals surface area contributed by atoms with Crippen LogP contribution in [0.15, 0.2) is 15.9 Å². The number of hydrogen-bond donors (Lipinski definition) is 1. The van der Waals surface area contributed by atoms with Crippen molar-refractivity contribution in [3.8, 4) is 0 Å². The molecule has 2 rings (SSSR count). The second-order valence-electron chi connectivity index (χ2n) is 4.37. The molecule has 0 aromatic carbocycles. The molecule has 2 heterocycles. The number of β-amino-alcohol motifs (C(OH)–C–C–N with tert-alkyl or cyclic N) is 1. The Morgan fingerprint density at radius 1 is 1.65 bits per heavy atom. The zero-order chi connectivity index (χ0) is 12.3. The van der Waals surface area contributed by atoms with Crippen LogP contribution < -0.4 is 0 Å². The lowest BCUT2D eigenvalue weighted by Crippen LogP contribution is -2.42. The molecular formula is C12H16BrNO2S. The van der Waals surface area contributed by atoms with E-state index in [1.54, 1.807) is 16.2 Å². The predicted octanol–water partition coefficient (Wildman–Crippen LogP) is 2.43. The van der Waals surface area contributed by atoms with Crippen LogP contribution in [-0.2, 0) is 11.2 Å². The second-order valence-corrected chi connectivity index (χ2v) is 6.28. The van der Waals surface area contributed by atoms with Gasteiger partial charge in [0.15, 0.2) is 0 Å². The number of piperidine rings is 1. The maximum Gasteiger partial charge on any atom is 0.223 e. The molecule has 0 saturated carbocycles. The fraction of sp³-hybridized carbons (Fsp3) is 0.583. The maximum atomic E-state index is 11.9. The molecule has 1 aliphatic heterocycles. The molecule has 0 radical (unpaired) electrons. The van der Waals surface area contributed by atoms with Crippen molar-refractivity contribution in [2.24, 2.45) is 0 Å². The summed E-state index contributed by atoms with van der Waals surface area (Å²) in [4.78, 5) is 14.9. The number of hydrogen-bond acceptors (Lipinski definition) is 3. The first-order chi connectivity index (χ1) is 8.15. The number of halogens is 1. The molecule has 1 N–H and O–H groups in total. The van der Waals surface area contributed by atoms with Crippen LogP contribution >= 0.6 is 27.3 Å². The number of rotatable bonds is 3. The average Bonchev–Trinajstić information content (AvgIpc) is 2.72. The van der Waals surface area contributed by atoms with Gasteiger partial charge in [0, 0.05) is 34.2 Å². The largest absolute Gasteiger partial charge is 0.391 e. The molecule has 1 atom stereocenters. The third kappa shape index (κ3) is 3.79. The van der Waals surface area contributed by atoms with Crippen LogP contribution in [0.25, 0.3) is 0 Å². The van der Waals surface area contributed by atoms with E-state index in [9.17, 15) is 9.90 Å². The summed E-state index contributed by atoms with van der Waals surface area (Å²) in [5.41, 5.74) is 0. The SMILES string of the molecule is O=C(CCc1cc(Br)cs1)N1CCCC(O)C1. The molecule has 1 amide bonds. The number of aryl methyl sites for hydroxylation is 1. The van der Waals surface area contributed by atoms with Crippen LogP contribution in [0.4, 0.5) is 0 Å². The number of aliphatic hydroxyl groups excluding tert-OH is 1. The highest BCUT2D eigenvalue weighted by molar-refractivity contribution is 9.10. The van der Waals surface area contributed by atoms with Crippen LogP contribution in [0, 0.1) is 0 Å². The summed E-state index contributed by atoms with van der Waals surface area (Å²) in [6.45, 7) is 1.30. The summed E-state index contributed by atoms with van der Waals surface area (Å²) >= 11 is 5.08. The Morgan fingerprint density at radius 2 is 2.47 bits per heavy atom. The summed E-state index contributed by atoms with van der Waals surface area (Å²) in [6.07, 6.45) is 2.74. The van der Waals surface area contributed by atoms with Gasteiger partial charge < -0.3 is 10.0 Å². The van der Waals surface area contributed by atoms with Gasteiger partial charge in [-0.2, -0.15) is 0 Å². The predicted molar refractivity (Wildman–Crippen MR) is 72.2 cm³/mol. The summed E-state index contributed by atoms with van der Waals surface area (Å²) in [7, 11) is 0. The molecule has 3 nitrogen and oxygen atoms in total. The Hall–Kier alpha value is -0.390. The van der Waals surface area contributed by atoms with Crippen molar-refractivity contribution >= 4 is 33.2 Å². The molecule has 1 unspecified atom stereocenters. The Bertz CT molecular complexity index is 394. The van der Waals surface area contributed by atoms with Gasteiger partial charge in [-0.05, 0) is 41.3 Å². The lowest BCUT2D eigenvalue weighted by atomic mass is 10.1. The fourth-order valence-corrected chi connectivity index (χ4v) is 3.51. The third-order valence-corrected chi connectivity index (χ3v) is 4.71. The van der Waals surface area contributed by atoms with Crippen LogP contribution in [-0.4, -0.2) is 35.1 Å². The first-order valence-corrected chi connectivity index (χ1v) is 7.51. The number of likely N-dealkylation sites (tertiary alicyclic amines) is 1. The molecule has 1 aromatic heterocycles. The van der Waals surface area contributed by atoms with Gasteiger partial charge in [-0.25, -0.2) is 0 Å². The van der Waals surface area contributed by atoms with Gasteiger partial charge in [-0.1, -0.05) is 0 Å². The van der Waals surface area contributed by atoms with E-state index in [2.05, 4.69) is 22.0 Å². The summed E-state index contributed by atoms with van der Waals surface area (Å²) in [5.74, 6) is 0.160. The zero-order valence-electron chi connectivity index (χ0n) is 9.56. The van der Waals surface area contributed by atoms with Gasteiger partial charge in [-0.3, -0.25) is 4.79 Å². The average molecular weight is 318 g/mol. The van der Waals surface area contributed by atoms with Crippen molar-refractivity contribution in [1.82, 2.24) is 4.90 Å². The van der Waals surface area contributed by atoms with E-state index in [0.717, 1.165) is 30.3 Å². The van der Waals surface area contributed by atoms with Gasteiger partial charge in [0.05, 0.1) is 6.10 Å². The molecule has 1 aromatic rings. The van der Waals surface area contributed by atoms with Gasteiger partial charge >= 0.3 is 0 Å². The van der Waals surface area contributed by atoms with E-state index in [4.69, 9.17) is 0 Å². The first-order valence-electron chi connectivity index (χ1n) is 5.84. The number of amides is 1. The quantitative estimate of drug-likeness (QED) is 0.930. The Labute approximate surface area is 114 Å². The Balaban J connectivity index is 1.80. The number of nitrogens with zero attached hydrogens (tertiary/aromatic N) is 1. The normalized spacial score (nSPS) is 20.6. The number of carbonyl (C=O) groups is 1. The Morgan fingerprint density at radius 3 is 3.12 bits per heavy atom. The van der Waals surface area contributed by atoms with E-state index in [1.165, 1.54) is 4.88 Å². The molecule has 94 valence electrons. The van der Waals surface area contributed by atoms with Crippen molar-refractivity contribution in [2.75, 3.05) is 13.1 Å². The van der Waals surface area contributed by atoms with Gasteiger partial charge in [0.1, 0.15) is 0 Å². The van der Waals surface area contributed by atoms with Gasteiger partial charge in [-0.15, -0.1) is 11.3 Å². The van der Waals surface area contributed by atoms with Crippen molar-refractivity contribution in [2.45, 2.75) is 31.8 Å². The minimum atomic E-state index is -0.330. The highest BCUT2D eigenvalue weighted by Gasteiger charge is 2.21. The number of thiophene rings is 1. The summed E-state index contributed by atoms with van der Waals surface area (Å²) in [5, 5.41) is 11.6. The monoisotopic (exact) mass is 317 g/mol. The topological polar surface area (TPSA) is 40.5 Å². The molecular weight excluding hydrogens is 302 g/mol. The first kappa shape index (κ1) is 13.1. The molecule has 0 aliphatic carbocycles. The highest BCUT2D eigenvalue weighted by Crippen LogP contribution is 2.21. The molecule has 0 spiro atoms. The van der Waals surface area contributed by atoms with E-state index in [0.29, 0.717) is 13.0 Å². The van der Waals surface area contributed by atoms with Gasteiger partial charge in [0.25, 0.3) is 0 Å². The zero-order valence-corrected chi connectivity index (χ0v) is 12.0. The van der Waals surface area contributed by atoms with Crippen LogP contribution in [0.5, 0.6) is 0 Å². The molecule has 5 heteroatoms. The molecule has 1 saturated heterocycles. The van der Waals surface area contributed by atoms with E-state index in [-0.39, 0.29) is 12.0 Å². The minimum absolute atomic E-state index is 0.160. The standard InChI is InChI=1S/C12H16BrNO2S/c13-9-6-11(17-8-9)3-4-12(16)14-5-1-2-10(15)7-14/h6,8,10,15H,1-5,7H2. The van der Waals surface area contributed by atoms with Crippen molar-refractivity contribution in [3.63, 3.8) is 0 Å². The van der Waals surface area contributed by atoms with Crippen LogP contribution in [0.3, 0.4) is 0 Å².